The molecule has 0 bridgehead atoms. The predicted molar refractivity (Wildman–Crippen MR) is 70.1 cm³/mol. The third kappa shape index (κ3) is 2.98. The summed E-state index contributed by atoms with van der Waals surface area (Å²) >= 11 is 0. The predicted octanol–water partition coefficient (Wildman–Crippen LogP) is 1.92. The van der Waals surface area contributed by atoms with Crippen LogP contribution >= 0.6 is 0 Å². The summed E-state index contributed by atoms with van der Waals surface area (Å²) in [5, 5.41) is 19.7. The molecule has 1 saturated heterocycles. The van der Waals surface area contributed by atoms with E-state index in [4.69, 9.17) is 9.52 Å². The number of likely N-dealkylation sites (tertiary alicyclic amines) is 1. The van der Waals surface area contributed by atoms with E-state index in [0.29, 0.717) is 18.8 Å². The van der Waals surface area contributed by atoms with Crippen LogP contribution in [0.2, 0.25) is 0 Å². The number of carbonyl (C=O) groups is 1. The highest BCUT2D eigenvalue weighted by Gasteiger charge is 2.39. The number of aliphatic hydroxyl groups is 1. The number of aromatic carboxylic acids is 1. The van der Waals surface area contributed by atoms with Gasteiger partial charge in [-0.1, -0.05) is 13.8 Å². The first-order valence-electron chi connectivity index (χ1n) is 6.68. The summed E-state index contributed by atoms with van der Waals surface area (Å²) in [4.78, 5) is 13.4. The average molecular weight is 267 g/mol. The van der Waals surface area contributed by atoms with Crippen LogP contribution in [0.3, 0.4) is 0 Å². The van der Waals surface area contributed by atoms with Crippen molar-refractivity contribution in [2.45, 2.75) is 32.3 Å². The van der Waals surface area contributed by atoms with E-state index >= 15 is 0 Å². The van der Waals surface area contributed by atoms with Gasteiger partial charge in [-0.2, -0.15) is 0 Å². The van der Waals surface area contributed by atoms with Gasteiger partial charge < -0.3 is 19.5 Å². The molecule has 19 heavy (non-hydrogen) atoms. The van der Waals surface area contributed by atoms with Crippen LogP contribution in [0.5, 0.6) is 0 Å². The number of carboxylic acid groups (broad SMARTS) is 1. The van der Waals surface area contributed by atoms with Crippen molar-refractivity contribution >= 4 is 5.97 Å². The molecule has 2 rings (SSSR count). The summed E-state index contributed by atoms with van der Waals surface area (Å²) in [6.07, 6.45) is 2.35. The van der Waals surface area contributed by atoms with Gasteiger partial charge >= 0.3 is 5.97 Å². The Kier molecular flexibility index (Phi) is 3.96. The van der Waals surface area contributed by atoms with Gasteiger partial charge in [-0.05, 0) is 24.8 Å². The molecule has 0 saturated carbocycles. The summed E-state index contributed by atoms with van der Waals surface area (Å²) in [6.45, 7) is 6.84. The SMILES string of the molecule is CC(C)CN1CCC(O)(c2occc2C(=O)O)CC1. The number of carboxylic acids is 1. The molecular weight excluding hydrogens is 246 g/mol. The summed E-state index contributed by atoms with van der Waals surface area (Å²) in [5.41, 5.74) is -1.08. The van der Waals surface area contributed by atoms with E-state index in [1.807, 2.05) is 0 Å². The topological polar surface area (TPSA) is 73.9 Å². The van der Waals surface area contributed by atoms with Gasteiger partial charge in [0.05, 0.1) is 6.26 Å². The van der Waals surface area contributed by atoms with Gasteiger partial charge in [-0.15, -0.1) is 0 Å². The molecule has 0 radical (unpaired) electrons. The van der Waals surface area contributed by atoms with Crippen LogP contribution in [-0.4, -0.2) is 40.7 Å². The molecule has 1 aliphatic heterocycles. The maximum absolute atomic E-state index is 11.1. The smallest absolute Gasteiger partial charge is 0.339 e. The first kappa shape index (κ1) is 14.1. The number of rotatable bonds is 4. The number of nitrogens with zero attached hydrogens (tertiary/aromatic N) is 1. The molecule has 5 heteroatoms. The molecule has 0 aromatic carbocycles. The van der Waals surface area contributed by atoms with Crippen molar-refractivity contribution in [1.29, 1.82) is 0 Å². The molecule has 1 aromatic heterocycles. The van der Waals surface area contributed by atoms with E-state index in [1.165, 1.54) is 12.3 Å². The minimum atomic E-state index is -1.15. The van der Waals surface area contributed by atoms with E-state index in [-0.39, 0.29) is 11.3 Å². The van der Waals surface area contributed by atoms with E-state index in [0.717, 1.165) is 19.6 Å². The molecule has 1 aromatic rings. The third-order valence-corrected chi connectivity index (χ3v) is 3.62. The molecule has 2 N–H and O–H groups in total. The summed E-state index contributed by atoms with van der Waals surface area (Å²) in [7, 11) is 0. The maximum Gasteiger partial charge on any atom is 0.339 e. The van der Waals surface area contributed by atoms with Gasteiger partial charge in [0.25, 0.3) is 0 Å². The Labute approximate surface area is 112 Å². The zero-order chi connectivity index (χ0) is 14.0. The number of hydrogen-bond acceptors (Lipinski definition) is 4. The third-order valence-electron chi connectivity index (χ3n) is 3.62. The Balaban J connectivity index is 2.09. The van der Waals surface area contributed by atoms with Gasteiger partial charge in [-0.25, -0.2) is 4.79 Å². The van der Waals surface area contributed by atoms with Crippen molar-refractivity contribution in [2.75, 3.05) is 19.6 Å². The summed E-state index contributed by atoms with van der Waals surface area (Å²) in [6, 6.07) is 1.40. The van der Waals surface area contributed by atoms with E-state index in [1.54, 1.807) is 0 Å². The van der Waals surface area contributed by atoms with Gasteiger partial charge in [-0.3, -0.25) is 0 Å². The lowest BCUT2D eigenvalue weighted by Crippen LogP contribution is -2.44. The minimum Gasteiger partial charge on any atom is -0.478 e. The highest BCUT2D eigenvalue weighted by molar-refractivity contribution is 5.89. The fourth-order valence-corrected chi connectivity index (χ4v) is 2.69. The van der Waals surface area contributed by atoms with Gasteiger partial charge in [0.1, 0.15) is 16.9 Å². The molecule has 0 amide bonds. The highest BCUT2D eigenvalue weighted by Crippen LogP contribution is 2.35. The summed E-state index contributed by atoms with van der Waals surface area (Å²) in [5.74, 6) is -0.268. The van der Waals surface area contributed by atoms with Crippen molar-refractivity contribution in [2.24, 2.45) is 5.92 Å². The highest BCUT2D eigenvalue weighted by atomic mass is 16.4. The molecule has 0 aliphatic carbocycles. The number of furan rings is 1. The molecule has 5 nitrogen and oxygen atoms in total. The van der Waals surface area contributed by atoms with Crippen LogP contribution < -0.4 is 0 Å². The Morgan fingerprint density at radius 1 is 1.47 bits per heavy atom. The largest absolute Gasteiger partial charge is 0.478 e. The van der Waals surface area contributed by atoms with Crippen LogP contribution in [0.25, 0.3) is 0 Å². The Hall–Kier alpha value is -1.33. The molecule has 0 spiro atoms. The molecule has 0 atom stereocenters. The second kappa shape index (κ2) is 5.35. The van der Waals surface area contributed by atoms with Gasteiger partial charge in [0.2, 0.25) is 0 Å². The second-order valence-electron chi connectivity index (χ2n) is 5.69. The number of hydrogen-bond donors (Lipinski definition) is 2. The number of piperidine rings is 1. The van der Waals surface area contributed by atoms with Crippen molar-refractivity contribution in [3.05, 3.63) is 23.7 Å². The lowest BCUT2D eigenvalue weighted by molar-refractivity contribution is -0.0446. The van der Waals surface area contributed by atoms with Crippen LogP contribution in [0, 0.1) is 5.92 Å². The standard InChI is InChI=1S/C14H21NO4/c1-10(2)9-15-6-4-14(18,5-7-15)12-11(13(16)17)3-8-19-12/h3,8,10,18H,4-7,9H2,1-2H3,(H,16,17). The van der Waals surface area contributed by atoms with Gasteiger partial charge in [0, 0.05) is 19.6 Å². The Morgan fingerprint density at radius 3 is 2.63 bits per heavy atom. The maximum atomic E-state index is 11.1. The molecule has 0 unspecified atom stereocenters. The Bertz CT molecular complexity index is 444. The quantitative estimate of drug-likeness (QED) is 0.871. The fraction of sp³-hybridized carbons (Fsp3) is 0.643. The van der Waals surface area contributed by atoms with Crippen molar-refractivity contribution < 1.29 is 19.4 Å². The molecule has 106 valence electrons. The Morgan fingerprint density at radius 2 is 2.11 bits per heavy atom. The first-order valence-corrected chi connectivity index (χ1v) is 6.68. The summed E-state index contributed by atoms with van der Waals surface area (Å²) < 4.78 is 5.24. The van der Waals surface area contributed by atoms with Crippen LogP contribution in [-0.2, 0) is 5.60 Å². The monoisotopic (exact) mass is 267 g/mol. The van der Waals surface area contributed by atoms with Gasteiger partial charge in [0.15, 0.2) is 0 Å². The molecule has 1 aliphatic rings. The second-order valence-corrected chi connectivity index (χ2v) is 5.69. The van der Waals surface area contributed by atoms with E-state index in [9.17, 15) is 9.90 Å². The van der Waals surface area contributed by atoms with E-state index in [2.05, 4.69) is 18.7 Å². The van der Waals surface area contributed by atoms with Crippen LogP contribution in [0.15, 0.2) is 16.7 Å². The lowest BCUT2D eigenvalue weighted by atomic mass is 9.87. The fourth-order valence-electron chi connectivity index (χ4n) is 2.69. The molecular formula is C14H21NO4. The normalized spacial score (nSPS) is 19.8. The average Bonchev–Trinajstić information content (AvgIpc) is 2.81. The first-order chi connectivity index (χ1) is 8.92. The lowest BCUT2D eigenvalue weighted by Gasteiger charge is -2.37. The van der Waals surface area contributed by atoms with Crippen molar-refractivity contribution in [3.8, 4) is 0 Å². The van der Waals surface area contributed by atoms with Crippen LogP contribution in [0.1, 0.15) is 42.8 Å². The molecule has 1 fully saturated rings. The van der Waals surface area contributed by atoms with E-state index < -0.39 is 11.6 Å². The van der Waals surface area contributed by atoms with Crippen molar-refractivity contribution in [3.63, 3.8) is 0 Å². The van der Waals surface area contributed by atoms with Crippen molar-refractivity contribution in [1.82, 2.24) is 4.90 Å². The minimum absolute atomic E-state index is 0.0693. The van der Waals surface area contributed by atoms with Crippen LogP contribution in [0.4, 0.5) is 0 Å². The zero-order valence-electron chi connectivity index (χ0n) is 11.4. The molecule has 2 heterocycles. The zero-order valence-corrected chi connectivity index (χ0v) is 11.4.